The molecular formula is C17H31NO3. The first-order valence-corrected chi connectivity index (χ1v) is 8.90. The molecular weight excluding hydrogens is 266 g/mol. The highest BCUT2D eigenvalue weighted by Crippen LogP contribution is 2.35. The van der Waals surface area contributed by atoms with Gasteiger partial charge in [0.05, 0.1) is 25.9 Å². The van der Waals surface area contributed by atoms with Gasteiger partial charge < -0.3 is 19.5 Å². The van der Waals surface area contributed by atoms with E-state index in [1.54, 1.807) is 0 Å². The Bertz CT molecular complexity index is 307. The summed E-state index contributed by atoms with van der Waals surface area (Å²) < 4.78 is 17.6. The van der Waals surface area contributed by atoms with Gasteiger partial charge in [-0.05, 0) is 31.6 Å². The summed E-state index contributed by atoms with van der Waals surface area (Å²) in [5, 5.41) is 3.65. The number of ether oxygens (including phenoxy) is 3. The van der Waals surface area contributed by atoms with Gasteiger partial charge in [-0.25, -0.2) is 0 Å². The average molecular weight is 297 g/mol. The molecule has 0 unspecified atom stereocenters. The fourth-order valence-corrected chi connectivity index (χ4v) is 4.05. The fourth-order valence-electron chi connectivity index (χ4n) is 4.05. The van der Waals surface area contributed by atoms with Gasteiger partial charge in [-0.15, -0.1) is 0 Å². The van der Waals surface area contributed by atoms with Crippen molar-refractivity contribution in [2.45, 2.75) is 76.2 Å². The monoisotopic (exact) mass is 297 g/mol. The van der Waals surface area contributed by atoms with E-state index in [0.717, 1.165) is 58.0 Å². The van der Waals surface area contributed by atoms with Crippen LogP contribution >= 0.6 is 0 Å². The van der Waals surface area contributed by atoms with Crippen molar-refractivity contribution >= 4 is 0 Å². The van der Waals surface area contributed by atoms with Crippen LogP contribution in [-0.4, -0.2) is 44.3 Å². The van der Waals surface area contributed by atoms with E-state index in [1.807, 2.05) is 0 Å². The summed E-state index contributed by atoms with van der Waals surface area (Å²) in [5.74, 6) is 0.511. The lowest BCUT2D eigenvalue weighted by atomic mass is 9.88. The summed E-state index contributed by atoms with van der Waals surface area (Å²) in [7, 11) is 0. The predicted molar refractivity (Wildman–Crippen MR) is 82.3 cm³/mol. The van der Waals surface area contributed by atoms with E-state index in [2.05, 4.69) is 12.2 Å². The number of rotatable bonds is 5. The van der Waals surface area contributed by atoms with Gasteiger partial charge >= 0.3 is 0 Å². The fraction of sp³-hybridized carbons (Fsp3) is 1.00. The summed E-state index contributed by atoms with van der Waals surface area (Å²) in [6.45, 7) is 5.70. The van der Waals surface area contributed by atoms with Crippen molar-refractivity contribution in [2.24, 2.45) is 5.92 Å². The van der Waals surface area contributed by atoms with Crippen LogP contribution in [0.1, 0.15) is 58.3 Å². The predicted octanol–water partition coefficient (Wildman–Crippen LogP) is 2.86. The molecule has 0 aromatic rings. The van der Waals surface area contributed by atoms with E-state index >= 15 is 0 Å². The molecule has 1 spiro atoms. The van der Waals surface area contributed by atoms with Gasteiger partial charge in [0.25, 0.3) is 0 Å². The summed E-state index contributed by atoms with van der Waals surface area (Å²) in [4.78, 5) is 0. The Hall–Kier alpha value is -0.160. The number of nitrogens with one attached hydrogen (secondary N) is 1. The Morgan fingerprint density at radius 2 is 1.76 bits per heavy atom. The Kier molecular flexibility index (Phi) is 5.54. The summed E-state index contributed by atoms with van der Waals surface area (Å²) in [5.41, 5.74) is 0. The SMILES string of the molecule is C[C@H]1CCCC[C@H]1OCCNC1CCC2(CC1)OCCO2. The van der Waals surface area contributed by atoms with Crippen LogP contribution in [0.5, 0.6) is 0 Å². The third kappa shape index (κ3) is 4.19. The summed E-state index contributed by atoms with van der Waals surface area (Å²) >= 11 is 0. The average Bonchev–Trinajstić information content (AvgIpc) is 2.96. The maximum Gasteiger partial charge on any atom is 0.168 e. The normalized spacial score (nSPS) is 33.6. The largest absolute Gasteiger partial charge is 0.377 e. The lowest BCUT2D eigenvalue weighted by Gasteiger charge is -2.36. The molecule has 1 aliphatic heterocycles. The smallest absolute Gasteiger partial charge is 0.168 e. The molecule has 122 valence electrons. The standard InChI is InChI=1S/C17H31NO3/c1-14-4-2-3-5-16(14)19-11-10-18-15-6-8-17(9-7-15)20-12-13-21-17/h14-16,18H,2-13H2,1H3/t14-,16+/m0/s1. The molecule has 4 nitrogen and oxygen atoms in total. The molecule has 2 atom stereocenters. The molecule has 0 bridgehead atoms. The second-order valence-corrected chi connectivity index (χ2v) is 7.01. The van der Waals surface area contributed by atoms with E-state index in [-0.39, 0.29) is 5.79 Å². The zero-order valence-electron chi connectivity index (χ0n) is 13.4. The minimum atomic E-state index is -0.230. The molecule has 1 N–H and O–H groups in total. The topological polar surface area (TPSA) is 39.7 Å². The zero-order chi connectivity index (χ0) is 14.5. The van der Waals surface area contributed by atoms with Gasteiger partial charge in [0.1, 0.15) is 0 Å². The molecule has 3 fully saturated rings. The minimum absolute atomic E-state index is 0.230. The molecule has 0 aromatic heterocycles. The zero-order valence-corrected chi connectivity index (χ0v) is 13.4. The van der Waals surface area contributed by atoms with Crippen LogP contribution in [0, 0.1) is 5.92 Å². The minimum Gasteiger partial charge on any atom is -0.377 e. The van der Waals surface area contributed by atoms with Gasteiger partial charge in [0, 0.05) is 25.4 Å². The second kappa shape index (κ2) is 7.40. The van der Waals surface area contributed by atoms with E-state index in [0.29, 0.717) is 12.1 Å². The Labute approximate surface area is 128 Å². The second-order valence-electron chi connectivity index (χ2n) is 7.01. The maximum atomic E-state index is 6.07. The summed E-state index contributed by atoms with van der Waals surface area (Å²) in [6, 6.07) is 0.607. The summed E-state index contributed by atoms with van der Waals surface area (Å²) in [6.07, 6.45) is 10.2. The molecule has 4 heteroatoms. The molecule has 3 rings (SSSR count). The molecule has 2 saturated carbocycles. The van der Waals surface area contributed by atoms with E-state index in [1.165, 1.54) is 25.7 Å². The number of hydrogen-bond donors (Lipinski definition) is 1. The van der Waals surface area contributed by atoms with Crippen LogP contribution in [0.25, 0.3) is 0 Å². The first-order valence-electron chi connectivity index (χ1n) is 8.90. The maximum absolute atomic E-state index is 6.07. The van der Waals surface area contributed by atoms with Gasteiger partial charge in [-0.1, -0.05) is 19.8 Å². The van der Waals surface area contributed by atoms with Crippen molar-refractivity contribution in [3.05, 3.63) is 0 Å². The third-order valence-corrected chi connectivity index (χ3v) is 5.46. The van der Waals surface area contributed by atoms with Gasteiger partial charge in [0.15, 0.2) is 5.79 Å². The van der Waals surface area contributed by atoms with Crippen LogP contribution in [0.3, 0.4) is 0 Å². The quantitative estimate of drug-likeness (QED) is 0.792. The highest BCUT2D eigenvalue weighted by Gasteiger charge is 2.40. The van der Waals surface area contributed by atoms with Crippen molar-refractivity contribution in [3.63, 3.8) is 0 Å². The molecule has 1 saturated heterocycles. The van der Waals surface area contributed by atoms with E-state index < -0.39 is 0 Å². The lowest BCUT2D eigenvalue weighted by Crippen LogP contribution is -2.43. The van der Waals surface area contributed by atoms with Gasteiger partial charge in [-0.3, -0.25) is 0 Å². The van der Waals surface area contributed by atoms with Crippen molar-refractivity contribution in [1.29, 1.82) is 0 Å². The Morgan fingerprint density at radius 1 is 1.05 bits per heavy atom. The Balaban J connectivity index is 1.28. The first-order chi connectivity index (χ1) is 10.3. The van der Waals surface area contributed by atoms with Crippen molar-refractivity contribution in [1.82, 2.24) is 5.32 Å². The van der Waals surface area contributed by atoms with Crippen molar-refractivity contribution in [3.8, 4) is 0 Å². The molecule has 1 heterocycles. The molecule has 0 aromatic carbocycles. The molecule has 0 radical (unpaired) electrons. The molecule has 21 heavy (non-hydrogen) atoms. The molecule has 0 amide bonds. The van der Waals surface area contributed by atoms with Gasteiger partial charge in [-0.2, -0.15) is 0 Å². The van der Waals surface area contributed by atoms with Crippen molar-refractivity contribution < 1.29 is 14.2 Å². The molecule has 2 aliphatic carbocycles. The lowest BCUT2D eigenvalue weighted by molar-refractivity contribution is -0.179. The van der Waals surface area contributed by atoms with Crippen LogP contribution in [0.2, 0.25) is 0 Å². The first kappa shape index (κ1) is 15.7. The van der Waals surface area contributed by atoms with Crippen LogP contribution in [0.4, 0.5) is 0 Å². The highest BCUT2D eigenvalue weighted by molar-refractivity contribution is 4.85. The van der Waals surface area contributed by atoms with E-state index in [4.69, 9.17) is 14.2 Å². The Morgan fingerprint density at radius 3 is 2.48 bits per heavy atom. The highest BCUT2D eigenvalue weighted by atomic mass is 16.7. The third-order valence-electron chi connectivity index (χ3n) is 5.46. The molecule has 3 aliphatic rings. The van der Waals surface area contributed by atoms with Crippen molar-refractivity contribution in [2.75, 3.05) is 26.4 Å². The van der Waals surface area contributed by atoms with Crippen LogP contribution < -0.4 is 5.32 Å². The van der Waals surface area contributed by atoms with Crippen LogP contribution in [-0.2, 0) is 14.2 Å². The van der Waals surface area contributed by atoms with Gasteiger partial charge in [0.2, 0.25) is 0 Å². The number of hydrogen-bond acceptors (Lipinski definition) is 4. The van der Waals surface area contributed by atoms with E-state index in [9.17, 15) is 0 Å². The van der Waals surface area contributed by atoms with Crippen LogP contribution in [0.15, 0.2) is 0 Å².